The summed E-state index contributed by atoms with van der Waals surface area (Å²) in [6, 6.07) is 7.11. The van der Waals surface area contributed by atoms with E-state index < -0.39 is 10.0 Å². The largest absolute Gasteiger partial charge is 0.357 e. The van der Waals surface area contributed by atoms with Gasteiger partial charge in [0, 0.05) is 30.7 Å². The number of halogens is 1. The Labute approximate surface area is 200 Å². The Morgan fingerprint density at radius 3 is 2.67 bits per heavy atom. The van der Waals surface area contributed by atoms with Crippen LogP contribution < -0.4 is 10.6 Å². The molecule has 2 aromatic rings. The number of aliphatic imine (C=N–C) groups is 1. The van der Waals surface area contributed by atoms with Gasteiger partial charge in [-0.15, -0.1) is 35.3 Å². The molecule has 1 fully saturated rings. The molecule has 0 amide bonds. The fraction of sp³-hybridized carbons (Fsp3) is 0.500. The molecule has 2 heterocycles. The predicted molar refractivity (Wildman–Crippen MR) is 133 cm³/mol. The predicted octanol–water partition coefficient (Wildman–Crippen LogP) is 3.50. The minimum absolute atomic E-state index is 0. The minimum Gasteiger partial charge on any atom is -0.357 e. The van der Waals surface area contributed by atoms with Crippen LogP contribution in [0.1, 0.15) is 41.6 Å². The van der Waals surface area contributed by atoms with Crippen LogP contribution in [0.5, 0.6) is 0 Å². The summed E-state index contributed by atoms with van der Waals surface area (Å²) in [4.78, 5) is 10.5. The molecule has 166 valence electrons. The maximum Gasteiger partial charge on any atom is 0.243 e. The summed E-state index contributed by atoms with van der Waals surface area (Å²) in [7, 11) is -3.43. The zero-order chi connectivity index (χ0) is 20.7. The lowest BCUT2D eigenvalue weighted by Crippen LogP contribution is -2.36. The van der Waals surface area contributed by atoms with Crippen LogP contribution in [0.25, 0.3) is 0 Å². The molecule has 0 saturated carbocycles. The molecule has 1 saturated heterocycles. The maximum atomic E-state index is 12.9. The molecule has 1 aliphatic rings. The fourth-order valence-corrected chi connectivity index (χ4v) is 5.53. The van der Waals surface area contributed by atoms with Crippen molar-refractivity contribution in [1.29, 1.82) is 0 Å². The third-order valence-corrected chi connectivity index (χ3v) is 7.50. The van der Waals surface area contributed by atoms with E-state index in [1.54, 1.807) is 33.8 Å². The number of hydrogen-bond donors (Lipinski definition) is 2. The zero-order valence-corrected chi connectivity index (χ0v) is 21.4. The number of nitrogens with zero attached hydrogens (tertiary/aromatic N) is 3. The number of sulfonamides is 1. The first-order valence-corrected chi connectivity index (χ1v) is 12.3. The lowest BCUT2D eigenvalue weighted by molar-refractivity contribution is 0.346. The highest BCUT2D eigenvalue weighted by atomic mass is 127. The number of benzene rings is 1. The second-order valence-corrected chi connectivity index (χ2v) is 10.3. The minimum atomic E-state index is -3.43. The van der Waals surface area contributed by atoms with Gasteiger partial charge in [0.25, 0.3) is 0 Å². The first kappa shape index (κ1) is 25.0. The summed E-state index contributed by atoms with van der Waals surface area (Å²) < 4.78 is 27.4. The Hall–Kier alpha value is -1.24. The van der Waals surface area contributed by atoms with E-state index in [2.05, 4.69) is 20.6 Å². The van der Waals surface area contributed by atoms with E-state index in [1.807, 2.05) is 26.1 Å². The van der Waals surface area contributed by atoms with Crippen molar-refractivity contribution in [3.05, 3.63) is 45.9 Å². The molecule has 1 aromatic heterocycles. The van der Waals surface area contributed by atoms with Crippen LogP contribution in [0.4, 0.5) is 0 Å². The quantitative estimate of drug-likeness (QED) is 0.306. The molecule has 0 radical (unpaired) electrons. The van der Waals surface area contributed by atoms with Crippen LogP contribution in [0.3, 0.4) is 0 Å². The Balaban J connectivity index is 0.00000320. The number of rotatable bonds is 7. The highest BCUT2D eigenvalue weighted by molar-refractivity contribution is 14.0. The molecule has 1 aliphatic heterocycles. The molecule has 1 aromatic carbocycles. The molecule has 0 atom stereocenters. The monoisotopic (exact) mass is 563 g/mol. The van der Waals surface area contributed by atoms with Gasteiger partial charge in [-0.05, 0) is 44.4 Å². The van der Waals surface area contributed by atoms with Crippen LogP contribution in [-0.2, 0) is 23.1 Å². The van der Waals surface area contributed by atoms with Gasteiger partial charge in [-0.2, -0.15) is 4.31 Å². The van der Waals surface area contributed by atoms with Gasteiger partial charge in [0.1, 0.15) is 5.01 Å². The average Bonchev–Trinajstić information content (AvgIpc) is 3.16. The second-order valence-electron chi connectivity index (χ2n) is 7.03. The third kappa shape index (κ3) is 6.89. The molecule has 0 unspecified atom stereocenters. The Morgan fingerprint density at radius 2 is 2.00 bits per heavy atom. The molecule has 0 spiro atoms. The highest BCUT2D eigenvalue weighted by Crippen LogP contribution is 2.21. The Morgan fingerprint density at radius 1 is 1.23 bits per heavy atom. The van der Waals surface area contributed by atoms with E-state index in [4.69, 9.17) is 0 Å². The van der Waals surface area contributed by atoms with E-state index in [0.717, 1.165) is 36.4 Å². The Kier molecular flexibility index (Phi) is 9.98. The SMILES string of the molecule is CCNC(=NCc1cccc(S(=O)(=O)N2CCCCC2)c1)NCc1ncc(C)s1.I. The van der Waals surface area contributed by atoms with E-state index >= 15 is 0 Å². The van der Waals surface area contributed by atoms with Gasteiger partial charge in [-0.3, -0.25) is 0 Å². The van der Waals surface area contributed by atoms with Crippen molar-refractivity contribution in [3.63, 3.8) is 0 Å². The molecule has 3 rings (SSSR count). The van der Waals surface area contributed by atoms with Gasteiger partial charge in [0.05, 0.1) is 18.0 Å². The van der Waals surface area contributed by atoms with Crippen LogP contribution in [-0.4, -0.2) is 43.3 Å². The number of nitrogens with one attached hydrogen (secondary N) is 2. The van der Waals surface area contributed by atoms with E-state index in [1.165, 1.54) is 4.88 Å². The summed E-state index contributed by atoms with van der Waals surface area (Å²) in [5, 5.41) is 7.50. The molecule has 0 aliphatic carbocycles. The number of guanidine groups is 1. The molecular formula is C20H30IN5O2S2. The number of thiazole rings is 1. The summed E-state index contributed by atoms with van der Waals surface area (Å²) in [5.74, 6) is 0.685. The first-order chi connectivity index (χ1) is 14.0. The van der Waals surface area contributed by atoms with E-state index in [-0.39, 0.29) is 24.0 Å². The zero-order valence-electron chi connectivity index (χ0n) is 17.4. The lowest BCUT2D eigenvalue weighted by atomic mass is 10.2. The smallest absolute Gasteiger partial charge is 0.243 e. The summed E-state index contributed by atoms with van der Waals surface area (Å²) in [6.07, 6.45) is 4.82. The average molecular weight is 564 g/mol. The van der Waals surface area contributed by atoms with E-state index in [0.29, 0.717) is 37.0 Å². The number of aromatic nitrogens is 1. The number of aryl methyl sites for hydroxylation is 1. The van der Waals surface area contributed by atoms with Crippen LogP contribution in [0.15, 0.2) is 40.4 Å². The third-order valence-electron chi connectivity index (χ3n) is 4.69. The van der Waals surface area contributed by atoms with Crippen molar-refractivity contribution in [2.45, 2.75) is 51.1 Å². The van der Waals surface area contributed by atoms with Crippen LogP contribution >= 0.6 is 35.3 Å². The van der Waals surface area contributed by atoms with Gasteiger partial charge in [-0.1, -0.05) is 18.6 Å². The van der Waals surface area contributed by atoms with Crippen molar-refractivity contribution in [3.8, 4) is 0 Å². The van der Waals surface area contributed by atoms with Gasteiger partial charge in [-0.25, -0.2) is 18.4 Å². The topological polar surface area (TPSA) is 86.7 Å². The molecule has 10 heteroatoms. The van der Waals surface area contributed by atoms with E-state index in [9.17, 15) is 8.42 Å². The van der Waals surface area contributed by atoms with Crippen LogP contribution in [0, 0.1) is 6.92 Å². The molecule has 2 N–H and O–H groups in total. The van der Waals surface area contributed by atoms with Gasteiger partial charge in [0.2, 0.25) is 10.0 Å². The number of hydrogen-bond acceptors (Lipinski definition) is 5. The molecule has 30 heavy (non-hydrogen) atoms. The van der Waals surface area contributed by atoms with Gasteiger partial charge < -0.3 is 10.6 Å². The molecule has 0 bridgehead atoms. The summed E-state index contributed by atoms with van der Waals surface area (Å²) in [5.41, 5.74) is 0.866. The van der Waals surface area contributed by atoms with Gasteiger partial charge in [0.15, 0.2) is 5.96 Å². The second kappa shape index (κ2) is 12.0. The first-order valence-electron chi connectivity index (χ1n) is 10.0. The maximum absolute atomic E-state index is 12.9. The standard InChI is InChI=1S/C20H29N5O2S2.HI/c1-3-21-20(24-15-19-22-13-16(2)28-19)23-14-17-8-7-9-18(12-17)29(26,27)25-10-5-4-6-11-25;/h7-9,12-13H,3-6,10-11,14-15H2,1-2H3,(H2,21,23,24);1H. The normalized spacial score (nSPS) is 15.5. The molecule has 7 nitrogen and oxygen atoms in total. The fourth-order valence-electron chi connectivity index (χ4n) is 3.21. The van der Waals surface area contributed by atoms with Crippen molar-refractivity contribution in [2.75, 3.05) is 19.6 Å². The van der Waals surface area contributed by atoms with Crippen molar-refractivity contribution in [2.24, 2.45) is 4.99 Å². The van der Waals surface area contributed by atoms with Crippen molar-refractivity contribution < 1.29 is 8.42 Å². The lowest BCUT2D eigenvalue weighted by Gasteiger charge is -2.26. The van der Waals surface area contributed by atoms with Crippen molar-refractivity contribution in [1.82, 2.24) is 19.9 Å². The summed E-state index contributed by atoms with van der Waals surface area (Å²) in [6.45, 7) is 7.00. The van der Waals surface area contributed by atoms with Crippen molar-refractivity contribution >= 4 is 51.3 Å². The number of piperidine rings is 1. The molecular weight excluding hydrogens is 533 g/mol. The highest BCUT2D eigenvalue weighted by Gasteiger charge is 2.25. The Bertz CT molecular complexity index is 940. The summed E-state index contributed by atoms with van der Waals surface area (Å²) >= 11 is 1.65. The van der Waals surface area contributed by atoms with Gasteiger partial charge >= 0.3 is 0 Å². The van der Waals surface area contributed by atoms with Crippen LogP contribution in [0.2, 0.25) is 0 Å².